The van der Waals surface area contributed by atoms with Crippen LogP contribution in [0.5, 0.6) is 0 Å². The van der Waals surface area contributed by atoms with Crippen molar-refractivity contribution in [3.05, 3.63) is 75.8 Å². The van der Waals surface area contributed by atoms with Gasteiger partial charge >= 0.3 is 0 Å². The maximum atomic E-state index is 15.0. The SMILES string of the molecule is Cc1ccc(C(=O)N(Cc2c(F)cccc2Cl)C2CCCC(C)C2C)c(-n2cc(CCN3CCN(C)C(C)(C)C3)nn2)c1. The van der Waals surface area contributed by atoms with Crippen LogP contribution in [0, 0.1) is 24.6 Å². The zero-order valence-corrected chi connectivity index (χ0v) is 27.2. The highest BCUT2D eigenvalue weighted by Gasteiger charge is 2.36. The van der Waals surface area contributed by atoms with Crippen LogP contribution in [-0.2, 0) is 13.0 Å². The van der Waals surface area contributed by atoms with Gasteiger partial charge in [0.2, 0.25) is 0 Å². The second-order valence-corrected chi connectivity index (χ2v) is 13.8. The molecule has 1 amide bonds. The van der Waals surface area contributed by atoms with Crippen molar-refractivity contribution in [1.29, 1.82) is 0 Å². The van der Waals surface area contributed by atoms with E-state index >= 15 is 4.39 Å². The van der Waals surface area contributed by atoms with E-state index in [9.17, 15) is 4.79 Å². The Kier molecular flexibility index (Phi) is 9.59. The molecule has 1 saturated carbocycles. The molecule has 0 N–H and O–H groups in total. The predicted octanol–water partition coefficient (Wildman–Crippen LogP) is 6.40. The Labute approximate surface area is 261 Å². The van der Waals surface area contributed by atoms with Gasteiger partial charge in [0.15, 0.2) is 0 Å². The van der Waals surface area contributed by atoms with E-state index in [2.05, 4.69) is 54.9 Å². The Morgan fingerprint density at radius 3 is 2.70 bits per heavy atom. The fourth-order valence-electron chi connectivity index (χ4n) is 6.69. The zero-order valence-electron chi connectivity index (χ0n) is 26.5. The molecule has 3 atom stereocenters. The molecule has 0 radical (unpaired) electrons. The molecular formula is C34H46ClFN6O. The fraction of sp³-hybridized carbons (Fsp3) is 0.559. The minimum Gasteiger partial charge on any atom is -0.331 e. The lowest BCUT2D eigenvalue weighted by Gasteiger charge is -2.45. The number of nitrogens with zero attached hydrogens (tertiary/aromatic N) is 6. The third-order valence-corrected chi connectivity index (χ3v) is 10.3. The Hall–Kier alpha value is -2.81. The number of hydrogen-bond acceptors (Lipinski definition) is 5. The van der Waals surface area contributed by atoms with Crippen molar-refractivity contribution in [3.8, 4) is 5.69 Å². The Bertz CT molecular complexity index is 1420. The Morgan fingerprint density at radius 2 is 1.95 bits per heavy atom. The average molecular weight is 609 g/mol. The molecule has 2 aromatic carbocycles. The predicted molar refractivity (Wildman–Crippen MR) is 170 cm³/mol. The van der Waals surface area contributed by atoms with E-state index in [-0.39, 0.29) is 30.0 Å². The Balaban J connectivity index is 1.43. The lowest BCUT2D eigenvalue weighted by atomic mass is 9.77. The summed E-state index contributed by atoms with van der Waals surface area (Å²) < 4.78 is 16.8. The fourth-order valence-corrected chi connectivity index (χ4v) is 6.91. The molecule has 1 aromatic heterocycles. The van der Waals surface area contributed by atoms with Crippen LogP contribution in [0.2, 0.25) is 5.02 Å². The first-order valence-electron chi connectivity index (χ1n) is 15.6. The van der Waals surface area contributed by atoms with Gasteiger partial charge in [0, 0.05) is 54.8 Å². The summed E-state index contributed by atoms with van der Waals surface area (Å²) in [4.78, 5) is 21.3. The van der Waals surface area contributed by atoms with E-state index in [1.807, 2.05) is 36.2 Å². The maximum absolute atomic E-state index is 15.0. The van der Waals surface area contributed by atoms with Crippen molar-refractivity contribution in [3.63, 3.8) is 0 Å². The van der Waals surface area contributed by atoms with Gasteiger partial charge in [-0.2, -0.15) is 0 Å². The quantitative estimate of drug-likeness (QED) is 0.296. The number of piperazine rings is 1. The van der Waals surface area contributed by atoms with Crippen LogP contribution in [0.3, 0.4) is 0 Å². The number of aryl methyl sites for hydroxylation is 1. The third-order valence-electron chi connectivity index (χ3n) is 9.97. The van der Waals surface area contributed by atoms with Gasteiger partial charge in [0.25, 0.3) is 5.91 Å². The van der Waals surface area contributed by atoms with E-state index in [1.54, 1.807) is 16.8 Å². The van der Waals surface area contributed by atoms with Crippen molar-refractivity contribution >= 4 is 17.5 Å². The summed E-state index contributed by atoms with van der Waals surface area (Å²) in [6, 6.07) is 10.5. The second kappa shape index (κ2) is 13.0. The van der Waals surface area contributed by atoms with Crippen LogP contribution in [0.1, 0.15) is 74.1 Å². The van der Waals surface area contributed by atoms with Gasteiger partial charge in [-0.25, -0.2) is 9.07 Å². The largest absolute Gasteiger partial charge is 0.331 e. The Morgan fingerprint density at radius 1 is 1.16 bits per heavy atom. The van der Waals surface area contributed by atoms with Crippen LogP contribution >= 0.6 is 11.6 Å². The minimum absolute atomic E-state index is 0.0276. The highest BCUT2D eigenvalue weighted by atomic mass is 35.5. The summed E-state index contributed by atoms with van der Waals surface area (Å²) in [5, 5.41) is 9.30. The molecule has 2 aliphatic rings. The number of carbonyl (C=O) groups excluding carboxylic acids is 1. The molecule has 0 spiro atoms. The number of benzene rings is 2. The molecule has 43 heavy (non-hydrogen) atoms. The molecule has 2 heterocycles. The average Bonchev–Trinajstić information content (AvgIpc) is 3.44. The van der Waals surface area contributed by atoms with Crippen molar-refractivity contribution < 1.29 is 9.18 Å². The monoisotopic (exact) mass is 608 g/mol. The summed E-state index contributed by atoms with van der Waals surface area (Å²) in [6.07, 6.45) is 5.76. The molecule has 9 heteroatoms. The molecule has 2 fully saturated rings. The molecule has 3 aromatic rings. The van der Waals surface area contributed by atoms with Gasteiger partial charge in [0.05, 0.1) is 29.7 Å². The molecule has 1 aliphatic heterocycles. The number of halogens is 2. The molecule has 3 unspecified atom stereocenters. The van der Waals surface area contributed by atoms with Crippen molar-refractivity contribution in [2.75, 3.05) is 33.2 Å². The first kappa shape index (κ1) is 31.6. The minimum atomic E-state index is -0.393. The summed E-state index contributed by atoms with van der Waals surface area (Å²) in [6.45, 7) is 15.1. The lowest BCUT2D eigenvalue weighted by molar-refractivity contribution is 0.0406. The van der Waals surface area contributed by atoms with Crippen LogP contribution in [0.15, 0.2) is 42.6 Å². The molecule has 7 nitrogen and oxygen atoms in total. The van der Waals surface area contributed by atoms with Gasteiger partial charge < -0.3 is 4.90 Å². The number of amides is 1. The maximum Gasteiger partial charge on any atom is 0.256 e. The number of rotatable bonds is 8. The van der Waals surface area contributed by atoms with Crippen LogP contribution in [0.25, 0.3) is 5.69 Å². The highest BCUT2D eigenvalue weighted by molar-refractivity contribution is 6.31. The van der Waals surface area contributed by atoms with Gasteiger partial charge in [-0.15, -0.1) is 5.10 Å². The van der Waals surface area contributed by atoms with Crippen molar-refractivity contribution in [1.82, 2.24) is 29.7 Å². The molecule has 1 saturated heterocycles. The van der Waals surface area contributed by atoms with E-state index in [0.717, 1.165) is 63.1 Å². The van der Waals surface area contributed by atoms with Crippen LogP contribution < -0.4 is 0 Å². The number of likely N-dealkylation sites (N-methyl/N-ethyl adjacent to an activating group) is 1. The molecule has 0 bridgehead atoms. The summed E-state index contributed by atoms with van der Waals surface area (Å²) in [7, 11) is 2.19. The van der Waals surface area contributed by atoms with Gasteiger partial charge in [-0.3, -0.25) is 14.6 Å². The smallest absolute Gasteiger partial charge is 0.256 e. The van der Waals surface area contributed by atoms with E-state index in [4.69, 9.17) is 11.6 Å². The van der Waals surface area contributed by atoms with Gasteiger partial charge in [-0.1, -0.05) is 55.6 Å². The first-order chi connectivity index (χ1) is 20.4. The van der Waals surface area contributed by atoms with Crippen molar-refractivity contribution in [2.24, 2.45) is 11.8 Å². The zero-order chi connectivity index (χ0) is 30.9. The van der Waals surface area contributed by atoms with Gasteiger partial charge in [-0.05, 0) is 75.9 Å². The summed E-state index contributed by atoms with van der Waals surface area (Å²) >= 11 is 6.48. The van der Waals surface area contributed by atoms with E-state index < -0.39 is 5.82 Å². The molecule has 5 rings (SSSR count). The first-order valence-corrected chi connectivity index (χ1v) is 16.0. The van der Waals surface area contributed by atoms with Gasteiger partial charge in [0.1, 0.15) is 5.82 Å². The molecule has 1 aliphatic carbocycles. The normalized spacial score (nSPS) is 22.9. The number of carbonyl (C=O) groups is 1. The molecule has 232 valence electrons. The summed E-state index contributed by atoms with van der Waals surface area (Å²) in [5.41, 5.74) is 3.62. The van der Waals surface area contributed by atoms with Crippen LogP contribution in [0.4, 0.5) is 4.39 Å². The van der Waals surface area contributed by atoms with E-state index in [0.29, 0.717) is 27.8 Å². The summed E-state index contributed by atoms with van der Waals surface area (Å²) in [5.74, 6) is 0.202. The third kappa shape index (κ3) is 6.97. The molecular weight excluding hydrogens is 563 g/mol. The van der Waals surface area contributed by atoms with Crippen molar-refractivity contribution in [2.45, 2.75) is 78.4 Å². The van der Waals surface area contributed by atoms with E-state index in [1.165, 1.54) is 6.07 Å². The second-order valence-electron chi connectivity index (χ2n) is 13.4. The number of hydrogen-bond donors (Lipinski definition) is 0. The highest BCUT2D eigenvalue weighted by Crippen LogP contribution is 2.36. The number of aromatic nitrogens is 3. The standard InChI is InChI=1S/C34H46ClFN6O/c1-23-13-14-27(32(19-23)42-20-26(37-38-42)15-16-40-18-17-39(6)34(4,5)22-40)33(43)41(31-12-7-9-24(2)25(31)3)21-28-29(35)10-8-11-30(28)36/h8,10-11,13-14,19-20,24-25,31H,7,9,12,15-18,21-22H2,1-6H3. The van der Waals surface area contributed by atoms with Crippen LogP contribution in [-0.4, -0.2) is 80.4 Å². The topological polar surface area (TPSA) is 57.5 Å². The lowest BCUT2D eigenvalue weighted by Crippen LogP contribution is -2.57.